The maximum atomic E-state index is 11.1. The Morgan fingerprint density at radius 1 is 1.57 bits per heavy atom. The van der Waals surface area contributed by atoms with Crippen LogP contribution in [-0.4, -0.2) is 15.5 Å². The first-order valence-electron chi connectivity index (χ1n) is 4.47. The van der Waals surface area contributed by atoms with Gasteiger partial charge in [-0.1, -0.05) is 0 Å². The zero-order valence-electron chi connectivity index (χ0n) is 7.90. The number of nitrogens with zero attached hydrogens (tertiary/aromatic N) is 2. The van der Waals surface area contributed by atoms with Crippen molar-refractivity contribution in [2.45, 2.75) is 13.5 Å². The second-order valence-corrected chi connectivity index (χ2v) is 3.06. The van der Waals surface area contributed by atoms with Crippen molar-refractivity contribution in [3.05, 3.63) is 30.1 Å². The Kier molecular flexibility index (Phi) is 1.96. The first-order valence-corrected chi connectivity index (χ1v) is 4.47. The molecule has 2 N–H and O–H groups in total. The van der Waals surface area contributed by atoms with Crippen LogP contribution in [0, 0.1) is 0 Å². The summed E-state index contributed by atoms with van der Waals surface area (Å²) in [5, 5.41) is 0.821. The fourth-order valence-corrected chi connectivity index (χ4v) is 1.56. The molecule has 72 valence electrons. The lowest BCUT2D eigenvalue weighted by Crippen LogP contribution is -2.11. The third-order valence-corrected chi connectivity index (χ3v) is 2.27. The van der Waals surface area contributed by atoms with Gasteiger partial charge in [-0.25, -0.2) is 4.98 Å². The van der Waals surface area contributed by atoms with Crippen LogP contribution in [-0.2, 0) is 6.54 Å². The maximum absolute atomic E-state index is 11.1. The molecule has 0 saturated carbocycles. The third-order valence-electron chi connectivity index (χ3n) is 2.27. The van der Waals surface area contributed by atoms with E-state index in [2.05, 4.69) is 4.98 Å². The summed E-state index contributed by atoms with van der Waals surface area (Å²) in [6.07, 6.45) is 3.51. The summed E-state index contributed by atoms with van der Waals surface area (Å²) in [6, 6.07) is 3.51. The Hall–Kier alpha value is -1.84. The van der Waals surface area contributed by atoms with Gasteiger partial charge in [-0.15, -0.1) is 0 Å². The van der Waals surface area contributed by atoms with Crippen molar-refractivity contribution in [2.24, 2.45) is 5.73 Å². The topological polar surface area (TPSA) is 60.9 Å². The molecule has 0 aromatic carbocycles. The van der Waals surface area contributed by atoms with Gasteiger partial charge in [0.05, 0.1) is 5.56 Å². The Morgan fingerprint density at radius 2 is 2.36 bits per heavy atom. The van der Waals surface area contributed by atoms with Crippen LogP contribution in [0.3, 0.4) is 0 Å². The average Bonchev–Trinajstić information content (AvgIpc) is 2.59. The van der Waals surface area contributed by atoms with E-state index in [0.29, 0.717) is 5.56 Å². The van der Waals surface area contributed by atoms with Crippen molar-refractivity contribution in [1.82, 2.24) is 9.55 Å². The molecular formula is C10H11N3O. The highest BCUT2D eigenvalue weighted by atomic mass is 16.1. The lowest BCUT2D eigenvalue weighted by molar-refractivity contribution is 0.100. The minimum atomic E-state index is -0.411. The Labute approximate surface area is 81.3 Å². The van der Waals surface area contributed by atoms with E-state index in [-0.39, 0.29) is 0 Å². The number of nitrogens with two attached hydrogens (primary N) is 1. The van der Waals surface area contributed by atoms with Gasteiger partial charge in [-0.3, -0.25) is 4.79 Å². The maximum Gasteiger partial charge on any atom is 0.249 e. The predicted octanol–water partition coefficient (Wildman–Crippen LogP) is 1.16. The van der Waals surface area contributed by atoms with Crippen LogP contribution < -0.4 is 5.73 Å². The van der Waals surface area contributed by atoms with Crippen molar-refractivity contribution < 1.29 is 4.79 Å². The van der Waals surface area contributed by atoms with Crippen LogP contribution in [0.5, 0.6) is 0 Å². The molecule has 0 atom stereocenters. The first kappa shape index (κ1) is 8.74. The van der Waals surface area contributed by atoms with E-state index in [1.165, 1.54) is 0 Å². The lowest BCUT2D eigenvalue weighted by Gasteiger charge is -2.00. The molecule has 0 unspecified atom stereocenters. The molecule has 1 amide bonds. The summed E-state index contributed by atoms with van der Waals surface area (Å²) >= 11 is 0. The number of aryl methyl sites for hydroxylation is 1. The number of hydrogen-bond acceptors (Lipinski definition) is 2. The normalized spacial score (nSPS) is 10.6. The summed E-state index contributed by atoms with van der Waals surface area (Å²) in [5.74, 6) is -0.411. The number of hydrogen-bond donors (Lipinski definition) is 1. The molecule has 0 aliphatic heterocycles. The fourth-order valence-electron chi connectivity index (χ4n) is 1.56. The summed E-state index contributed by atoms with van der Waals surface area (Å²) in [6.45, 7) is 2.86. The second kappa shape index (κ2) is 3.14. The first-order chi connectivity index (χ1) is 6.74. The largest absolute Gasteiger partial charge is 0.366 e. The summed E-state index contributed by atoms with van der Waals surface area (Å²) in [7, 11) is 0. The van der Waals surface area contributed by atoms with Crippen molar-refractivity contribution >= 4 is 16.9 Å². The van der Waals surface area contributed by atoms with Crippen LogP contribution in [0.1, 0.15) is 17.3 Å². The molecule has 0 saturated heterocycles. The number of amides is 1. The molecule has 4 heteroatoms. The van der Waals surface area contributed by atoms with Crippen molar-refractivity contribution in [3.8, 4) is 0 Å². The van der Waals surface area contributed by atoms with Gasteiger partial charge in [-0.2, -0.15) is 0 Å². The molecule has 0 spiro atoms. The fraction of sp³-hybridized carbons (Fsp3) is 0.200. The van der Waals surface area contributed by atoms with E-state index >= 15 is 0 Å². The van der Waals surface area contributed by atoms with Gasteiger partial charge in [0.25, 0.3) is 0 Å². The minimum absolute atomic E-state index is 0.411. The molecular weight excluding hydrogens is 178 g/mol. The van der Waals surface area contributed by atoms with E-state index in [0.717, 1.165) is 17.6 Å². The molecule has 0 aliphatic carbocycles. The molecule has 0 aliphatic rings. The second-order valence-electron chi connectivity index (χ2n) is 3.06. The van der Waals surface area contributed by atoms with E-state index in [4.69, 9.17) is 5.73 Å². The minimum Gasteiger partial charge on any atom is -0.366 e. The SMILES string of the molecule is CCn1ccc2c(C(N)=O)ccnc21. The van der Waals surface area contributed by atoms with E-state index < -0.39 is 5.91 Å². The van der Waals surface area contributed by atoms with Gasteiger partial charge in [0, 0.05) is 24.3 Å². The molecule has 2 aromatic rings. The summed E-state index contributed by atoms with van der Waals surface area (Å²) in [5.41, 5.74) is 6.59. The van der Waals surface area contributed by atoms with Crippen molar-refractivity contribution in [1.29, 1.82) is 0 Å². The Morgan fingerprint density at radius 3 is 3.00 bits per heavy atom. The number of pyridine rings is 1. The van der Waals surface area contributed by atoms with Gasteiger partial charge >= 0.3 is 0 Å². The van der Waals surface area contributed by atoms with E-state index in [1.807, 2.05) is 23.8 Å². The number of rotatable bonds is 2. The third kappa shape index (κ3) is 1.16. The zero-order chi connectivity index (χ0) is 10.1. The van der Waals surface area contributed by atoms with E-state index in [1.54, 1.807) is 12.3 Å². The van der Waals surface area contributed by atoms with Gasteiger partial charge in [0.1, 0.15) is 5.65 Å². The van der Waals surface area contributed by atoms with Gasteiger partial charge < -0.3 is 10.3 Å². The molecule has 0 fully saturated rings. The molecule has 14 heavy (non-hydrogen) atoms. The standard InChI is InChI=1S/C10H11N3O/c1-2-13-6-4-8-7(9(11)14)3-5-12-10(8)13/h3-6H,2H2,1H3,(H2,11,14). The van der Waals surface area contributed by atoms with E-state index in [9.17, 15) is 4.79 Å². The molecule has 2 rings (SSSR count). The van der Waals surface area contributed by atoms with Crippen molar-refractivity contribution in [2.75, 3.05) is 0 Å². The molecule has 4 nitrogen and oxygen atoms in total. The summed E-state index contributed by atoms with van der Waals surface area (Å²) < 4.78 is 1.97. The molecule has 0 radical (unpaired) electrons. The van der Waals surface area contributed by atoms with Crippen LogP contribution in [0.25, 0.3) is 11.0 Å². The van der Waals surface area contributed by atoms with Crippen LogP contribution in [0.4, 0.5) is 0 Å². The smallest absolute Gasteiger partial charge is 0.249 e. The Bertz CT molecular complexity index is 487. The highest BCUT2D eigenvalue weighted by Crippen LogP contribution is 2.17. The molecule has 2 heterocycles. The zero-order valence-corrected chi connectivity index (χ0v) is 7.90. The van der Waals surface area contributed by atoms with Gasteiger partial charge in [0.2, 0.25) is 5.91 Å². The monoisotopic (exact) mass is 189 g/mol. The number of primary amides is 1. The Balaban J connectivity index is 2.76. The predicted molar refractivity (Wildman–Crippen MR) is 53.9 cm³/mol. The number of carbonyl (C=O) groups excluding carboxylic acids is 1. The summed E-state index contributed by atoms with van der Waals surface area (Å²) in [4.78, 5) is 15.3. The van der Waals surface area contributed by atoms with Crippen LogP contribution in [0.2, 0.25) is 0 Å². The quantitative estimate of drug-likeness (QED) is 0.770. The molecule has 0 bridgehead atoms. The van der Waals surface area contributed by atoms with Gasteiger partial charge in [-0.05, 0) is 19.1 Å². The highest BCUT2D eigenvalue weighted by molar-refractivity contribution is 6.04. The highest BCUT2D eigenvalue weighted by Gasteiger charge is 2.09. The van der Waals surface area contributed by atoms with Crippen LogP contribution >= 0.6 is 0 Å². The lowest BCUT2D eigenvalue weighted by atomic mass is 10.2. The number of aromatic nitrogens is 2. The number of carbonyl (C=O) groups is 1. The van der Waals surface area contributed by atoms with Crippen molar-refractivity contribution in [3.63, 3.8) is 0 Å². The average molecular weight is 189 g/mol. The van der Waals surface area contributed by atoms with Gasteiger partial charge in [0.15, 0.2) is 0 Å². The number of fused-ring (bicyclic) bond motifs is 1. The van der Waals surface area contributed by atoms with Crippen LogP contribution in [0.15, 0.2) is 24.5 Å². The molecule has 2 aromatic heterocycles.